The van der Waals surface area contributed by atoms with Gasteiger partial charge in [0.25, 0.3) is 0 Å². The summed E-state index contributed by atoms with van der Waals surface area (Å²) in [5.74, 6) is 2.25. The molecule has 0 unspecified atom stereocenters. The molecule has 2 heterocycles. The zero-order chi connectivity index (χ0) is 16.1. The van der Waals surface area contributed by atoms with Crippen LogP contribution in [-0.2, 0) is 13.0 Å². The predicted octanol–water partition coefficient (Wildman–Crippen LogP) is 1.35. The number of urea groups is 1. The molecule has 0 aromatic carbocycles. The number of aryl methyl sites for hydroxylation is 2. The van der Waals surface area contributed by atoms with E-state index in [0.717, 1.165) is 0 Å². The maximum absolute atomic E-state index is 12.3. The van der Waals surface area contributed by atoms with E-state index in [0.29, 0.717) is 36.4 Å². The van der Waals surface area contributed by atoms with Crippen molar-refractivity contribution in [2.24, 2.45) is 0 Å². The molecule has 2 N–H and O–H groups in total. The van der Waals surface area contributed by atoms with Crippen LogP contribution in [0.25, 0.3) is 0 Å². The Hall–Kier alpha value is -2.45. The summed E-state index contributed by atoms with van der Waals surface area (Å²) < 4.78 is 5.43. The lowest BCUT2D eigenvalue weighted by atomic mass is 10.3. The molecule has 0 aliphatic heterocycles. The molecular formula is C13H21N7O2. The molecule has 0 fully saturated rings. The molecule has 2 aromatic rings. The Morgan fingerprint density at radius 1 is 1.36 bits per heavy atom. The van der Waals surface area contributed by atoms with Crippen LogP contribution in [0.1, 0.15) is 50.2 Å². The largest absolute Gasteiger partial charge is 0.423 e. The number of aromatic nitrogens is 5. The van der Waals surface area contributed by atoms with E-state index in [2.05, 4.69) is 30.7 Å². The van der Waals surface area contributed by atoms with Gasteiger partial charge in [-0.15, -0.1) is 10.2 Å². The molecule has 0 aliphatic rings. The lowest BCUT2D eigenvalue weighted by Gasteiger charge is -2.21. The van der Waals surface area contributed by atoms with Gasteiger partial charge in [-0.1, -0.05) is 6.92 Å². The van der Waals surface area contributed by atoms with E-state index in [9.17, 15) is 4.79 Å². The third kappa shape index (κ3) is 3.80. The fourth-order valence-corrected chi connectivity index (χ4v) is 1.88. The summed E-state index contributed by atoms with van der Waals surface area (Å²) in [6.45, 7) is 8.26. The molecule has 120 valence electrons. The Morgan fingerprint density at radius 3 is 2.64 bits per heavy atom. The molecule has 0 aliphatic carbocycles. The highest BCUT2D eigenvalue weighted by molar-refractivity contribution is 5.74. The minimum atomic E-state index is -0.291. The molecular weight excluding hydrogens is 286 g/mol. The third-order valence-corrected chi connectivity index (χ3v) is 3.15. The van der Waals surface area contributed by atoms with Crippen molar-refractivity contribution >= 4 is 6.03 Å². The second-order valence-corrected chi connectivity index (χ2v) is 4.91. The molecule has 1 atom stereocenters. The molecule has 9 nitrogen and oxygen atoms in total. The smallest absolute Gasteiger partial charge is 0.318 e. The van der Waals surface area contributed by atoms with E-state index >= 15 is 0 Å². The van der Waals surface area contributed by atoms with Crippen LogP contribution in [0.15, 0.2) is 4.42 Å². The number of hydrogen-bond donors (Lipinski definition) is 2. The van der Waals surface area contributed by atoms with Crippen LogP contribution < -0.4 is 5.32 Å². The number of nitrogens with zero attached hydrogens (tertiary/aromatic N) is 5. The normalized spacial score (nSPS) is 12.2. The van der Waals surface area contributed by atoms with Crippen LogP contribution >= 0.6 is 0 Å². The third-order valence-electron chi connectivity index (χ3n) is 3.15. The molecule has 0 spiro atoms. The minimum absolute atomic E-state index is 0.228. The molecule has 0 saturated heterocycles. The first kappa shape index (κ1) is 15.9. The highest BCUT2D eigenvalue weighted by atomic mass is 16.4. The van der Waals surface area contributed by atoms with E-state index in [1.54, 1.807) is 4.90 Å². The van der Waals surface area contributed by atoms with Crippen LogP contribution in [0.4, 0.5) is 4.79 Å². The van der Waals surface area contributed by atoms with Gasteiger partial charge < -0.3 is 14.6 Å². The highest BCUT2D eigenvalue weighted by Gasteiger charge is 2.19. The van der Waals surface area contributed by atoms with E-state index in [1.807, 2.05) is 27.7 Å². The van der Waals surface area contributed by atoms with Gasteiger partial charge in [-0.25, -0.2) is 9.78 Å². The van der Waals surface area contributed by atoms with Crippen molar-refractivity contribution in [1.29, 1.82) is 0 Å². The monoisotopic (exact) mass is 307 g/mol. The van der Waals surface area contributed by atoms with Crippen molar-refractivity contribution < 1.29 is 9.21 Å². The molecule has 22 heavy (non-hydrogen) atoms. The van der Waals surface area contributed by atoms with Crippen molar-refractivity contribution in [1.82, 2.24) is 35.6 Å². The minimum Gasteiger partial charge on any atom is -0.423 e. The standard InChI is InChI=1S/C13H21N7O2/c1-5-10-17-18-11(22-10)7-20(6-2)13(21)14-8(3)12-15-9(4)16-19-12/h8H,5-7H2,1-4H3,(H,14,21)(H,15,16,19)/t8-/m1/s1. The number of amides is 2. The Kier molecular flexibility index (Phi) is 5.08. The van der Waals surface area contributed by atoms with Crippen molar-refractivity contribution in [3.8, 4) is 0 Å². The molecule has 2 rings (SSSR count). The maximum atomic E-state index is 12.3. The molecule has 2 amide bonds. The fourth-order valence-electron chi connectivity index (χ4n) is 1.88. The summed E-state index contributed by atoms with van der Waals surface area (Å²) >= 11 is 0. The summed E-state index contributed by atoms with van der Waals surface area (Å²) in [5.41, 5.74) is 0. The van der Waals surface area contributed by atoms with E-state index in [4.69, 9.17) is 4.42 Å². The quantitative estimate of drug-likeness (QED) is 0.833. The van der Waals surface area contributed by atoms with Crippen LogP contribution in [-0.4, -0.2) is 42.9 Å². The molecule has 0 radical (unpaired) electrons. The van der Waals surface area contributed by atoms with Crippen molar-refractivity contribution in [3.63, 3.8) is 0 Å². The molecule has 0 bridgehead atoms. The van der Waals surface area contributed by atoms with Gasteiger partial charge in [0, 0.05) is 13.0 Å². The number of rotatable bonds is 6. The number of H-pyrrole nitrogens is 1. The number of carbonyl (C=O) groups is 1. The molecule has 2 aromatic heterocycles. The summed E-state index contributed by atoms with van der Waals surface area (Å²) in [7, 11) is 0. The van der Waals surface area contributed by atoms with Gasteiger partial charge in [0.1, 0.15) is 12.4 Å². The number of nitrogens with one attached hydrogen (secondary N) is 2. The van der Waals surface area contributed by atoms with Crippen LogP contribution in [0, 0.1) is 6.92 Å². The lowest BCUT2D eigenvalue weighted by molar-refractivity contribution is 0.188. The summed E-state index contributed by atoms with van der Waals surface area (Å²) in [5, 5.41) is 17.5. The summed E-state index contributed by atoms with van der Waals surface area (Å²) in [4.78, 5) is 18.1. The highest BCUT2D eigenvalue weighted by Crippen LogP contribution is 2.09. The van der Waals surface area contributed by atoms with E-state index < -0.39 is 0 Å². The average molecular weight is 307 g/mol. The average Bonchev–Trinajstić information content (AvgIpc) is 3.13. The van der Waals surface area contributed by atoms with Crippen LogP contribution in [0.5, 0.6) is 0 Å². The van der Waals surface area contributed by atoms with Gasteiger partial charge in [-0.05, 0) is 20.8 Å². The Balaban J connectivity index is 1.96. The number of carbonyl (C=O) groups excluding carboxylic acids is 1. The topological polar surface area (TPSA) is 113 Å². The number of hydrogen-bond acceptors (Lipinski definition) is 6. The zero-order valence-corrected chi connectivity index (χ0v) is 13.3. The Labute approximate surface area is 128 Å². The second-order valence-electron chi connectivity index (χ2n) is 4.91. The summed E-state index contributed by atoms with van der Waals surface area (Å²) in [6, 6.07) is -0.519. The fraction of sp³-hybridized carbons (Fsp3) is 0.615. The van der Waals surface area contributed by atoms with Crippen molar-refractivity contribution in [3.05, 3.63) is 23.4 Å². The van der Waals surface area contributed by atoms with Gasteiger partial charge in [0.05, 0.1) is 6.04 Å². The van der Waals surface area contributed by atoms with Gasteiger partial charge in [0.2, 0.25) is 11.8 Å². The van der Waals surface area contributed by atoms with Gasteiger partial charge >= 0.3 is 6.03 Å². The first-order valence-corrected chi connectivity index (χ1v) is 7.29. The van der Waals surface area contributed by atoms with E-state index in [-0.39, 0.29) is 18.6 Å². The van der Waals surface area contributed by atoms with Gasteiger partial charge in [-0.2, -0.15) is 5.10 Å². The Bertz CT molecular complexity index is 621. The maximum Gasteiger partial charge on any atom is 0.318 e. The number of aromatic amines is 1. The zero-order valence-electron chi connectivity index (χ0n) is 13.3. The second kappa shape index (κ2) is 7.01. The molecule has 9 heteroatoms. The van der Waals surface area contributed by atoms with Crippen LogP contribution in [0.2, 0.25) is 0 Å². The first-order chi connectivity index (χ1) is 10.5. The van der Waals surface area contributed by atoms with E-state index in [1.165, 1.54) is 0 Å². The Morgan fingerprint density at radius 2 is 2.09 bits per heavy atom. The van der Waals surface area contributed by atoms with Crippen LogP contribution in [0.3, 0.4) is 0 Å². The predicted molar refractivity (Wildman–Crippen MR) is 77.8 cm³/mol. The van der Waals surface area contributed by atoms with Crippen molar-refractivity contribution in [2.45, 2.75) is 46.7 Å². The lowest BCUT2D eigenvalue weighted by Crippen LogP contribution is -2.40. The summed E-state index contributed by atoms with van der Waals surface area (Å²) in [6.07, 6.45) is 0.673. The SMILES string of the molecule is CCc1nnc(CN(CC)C(=O)N[C@H](C)c2n[nH]c(C)n2)o1. The van der Waals surface area contributed by atoms with Gasteiger partial charge in [0.15, 0.2) is 5.82 Å². The van der Waals surface area contributed by atoms with Crippen molar-refractivity contribution in [2.75, 3.05) is 6.54 Å². The molecule has 0 saturated carbocycles. The first-order valence-electron chi connectivity index (χ1n) is 7.29. The van der Waals surface area contributed by atoms with Gasteiger partial charge in [-0.3, -0.25) is 5.10 Å².